The minimum absolute atomic E-state index is 0.521. The molecule has 104 valence electrons. The molecule has 0 spiro atoms. The summed E-state index contributed by atoms with van der Waals surface area (Å²) in [7, 11) is 0. The van der Waals surface area contributed by atoms with E-state index in [0.717, 1.165) is 27.7 Å². The molecule has 0 amide bonds. The Morgan fingerprint density at radius 3 is 2.90 bits per heavy atom. The van der Waals surface area contributed by atoms with Crippen molar-refractivity contribution in [2.75, 3.05) is 5.88 Å². The maximum atomic E-state index is 5.97. The van der Waals surface area contributed by atoms with Gasteiger partial charge in [0.15, 0.2) is 5.65 Å². The van der Waals surface area contributed by atoms with E-state index in [2.05, 4.69) is 24.9 Å². The normalized spacial score (nSPS) is 11.3. The van der Waals surface area contributed by atoms with Crippen molar-refractivity contribution in [2.24, 2.45) is 0 Å². The van der Waals surface area contributed by atoms with Crippen molar-refractivity contribution in [3.63, 3.8) is 0 Å². The zero-order valence-corrected chi connectivity index (χ0v) is 13.1. The number of pyridine rings is 1. The van der Waals surface area contributed by atoms with E-state index >= 15 is 0 Å². The summed E-state index contributed by atoms with van der Waals surface area (Å²) < 4.78 is 2.06. The van der Waals surface area contributed by atoms with Gasteiger partial charge in [-0.15, -0.1) is 22.9 Å². The monoisotopic (exact) mass is 326 g/mol. The molecule has 0 saturated carbocycles. The largest absolute Gasteiger partial charge is 0.307 e. The van der Waals surface area contributed by atoms with Crippen molar-refractivity contribution < 1.29 is 0 Å². The molecule has 4 nitrogen and oxygen atoms in total. The minimum atomic E-state index is 0.521. The van der Waals surface area contributed by atoms with E-state index in [1.54, 1.807) is 17.5 Å². The van der Waals surface area contributed by atoms with Gasteiger partial charge in [0.25, 0.3) is 0 Å². The fraction of sp³-hybridized carbons (Fsp3) is 0.308. The van der Waals surface area contributed by atoms with Gasteiger partial charge in [0.2, 0.25) is 0 Å². The number of aromatic nitrogens is 4. The third kappa shape index (κ3) is 2.66. The van der Waals surface area contributed by atoms with E-state index in [0.29, 0.717) is 23.9 Å². The van der Waals surface area contributed by atoms with Gasteiger partial charge in [-0.25, -0.2) is 15.0 Å². The van der Waals surface area contributed by atoms with E-state index in [1.807, 2.05) is 13.0 Å². The maximum absolute atomic E-state index is 5.97. The Kier molecular flexibility index (Phi) is 3.92. The first-order chi connectivity index (χ1) is 9.67. The second-order valence-corrected chi connectivity index (χ2v) is 6.28. The van der Waals surface area contributed by atoms with Crippen molar-refractivity contribution in [1.82, 2.24) is 19.5 Å². The van der Waals surface area contributed by atoms with E-state index in [1.165, 1.54) is 0 Å². The summed E-state index contributed by atoms with van der Waals surface area (Å²) in [4.78, 5) is 13.5. The molecule has 0 aliphatic heterocycles. The van der Waals surface area contributed by atoms with Gasteiger partial charge in [-0.3, -0.25) is 0 Å². The number of halogens is 2. The first-order valence-electron chi connectivity index (χ1n) is 6.15. The van der Waals surface area contributed by atoms with Crippen LogP contribution in [0.15, 0.2) is 17.6 Å². The number of aryl methyl sites for hydroxylation is 2. The van der Waals surface area contributed by atoms with Gasteiger partial charge in [0.1, 0.15) is 11.3 Å². The maximum Gasteiger partial charge on any atom is 0.160 e. The summed E-state index contributed by atoms with van der Waals surface area (Å²) in [6.07, 6.45) is 2.33. The molecule has 0 atom stereocenters. The fourth-order valence-corrected chi connectivity index (χ4v) is 3.04. The molecule has 0 N–H and O–H groups in total. The molecule has 0 radical (unpaired) electrons. The van der Waals surface area contributed by atoms with Gasteiger partial charge in [-0.05, 0) is 13.0 Å². The minimum Gasteiger partial charge on any atom is -0.307 e. The van der Waals surface area contributed by atoms with Crippen LogP contribution in [0.3, 0.4) is 0 Å². The van der Waals surface area contributed by atoms with Gasteiger partial charge in [-0.2, -0.15) is 0 Å². The molecule has 3 rings (SSSR count). The van der Waals surface area contributed by atoms with Crippen molar-refractivity contribution in [3.05, 3.63) is 39.2 Å². The van der Waals surface area contributed by atoms with Crippen molar-refractivity contribution in [2.45, 2.75) is 19.9 Å². The molecule has 0 fully saturated rings. The zero-order valence-electron chi connectivity index (χ0n) is 10.8. The van der Waals surface area contributed by atoms with Crippen LogP contribution in [0.2, 0.25) is 5.02 Å². The molecule has 0 aromatic carbocycles. The molecule has 3 aromatic heterocycles. The Bertz CT molecular complexity index is 750. The summed E-state index contributed by atoms with van der Waals surface area (Å²) in [6.45, 7) is 2.65. The number of alkyl halides is 1. The van der Waals surface area contributed by atoms with Crippen LogP contribution < -0.4 is 0 Å². The Hall–Kier alpha value is -1.17. The first kappa shape index (κ1) is 13.8. The average molecular weight is 327 g/mol. The van der Waals surface area contributed by atoms with E-state index in [-0.39, 0.29) is 0 Å². The number of hydrogen-bond donors (Lipinski definition) is 0. The third-order valence-corrected chi connectivity index (χ3v) is 4.15. The number of rotatable bonds is 4. The van der Waals surface area contributed by atoms with Crippen molar-refractivity contribution >= 4 is 45.7 Å². The molecule has 3 aromatic rings. The zero-order chi connectivity index (χ0) is 14.1. The molecule has 0 saturated heterocycles. The standard InChI is InChI=1S/C13H12Cl2N4S/c1-8-17-10(7-20-8)6-19-12(2-3-14)18-11-4-9(15)5-16-13(11)19/h4-5,7H,2-3,6H2,1H3. The second kappa shape index (κ2) is 5.68. The summed E-state index contributed by atoms with van der Waals surface area (Å²) in [6, 6.07) is 1.82. The highest BCUT2D eigenvalue weighted by Gasteiger charge is 2.13. The van der Waals surface area contributed by atoms with Crippen LogP contribution >= 0.6 is 34.5 Å². The van der Waals surface area contributed by atoms with Crippen molar-refractivity contribution in [3.8, 4) is 0 Å². The fourth-order valence-electron chi connectivity index (χ4n) is 2.12. The molecular formula is C13H12Cl2N4S. The van der Waals surface area contributed by atoms with Crippen LogP contribution in [-0.2, 0) is 13.0 Å². The number of imidazole rings is 1. The molecule has 0 aliphatic rings. The molecular weight excluding hydrogens is 315 g/mol. The smallest absolute Gasteiger partial charge is 0.160 e. The van der Waals surface area contributed by atoms with Crippen LogP contribution in [0, 0.1) is 6.92 Å². The van der Waals surface area contributed by atoms with Crippen molar-refractivity contribution in [1.29, 1.82) is 0 Å². The van der Waals surface area contributed by atoms with Crippen LogP contribution in [0.5, 0.6) is 0 Å². The lowest BCUT2D eigenvalue weighted by atomic mass is 10.4. The van der Waals surface area contributed by atoms with Gasteiger partial charge in [0, 0.05) is 23.9 Å². The summed E-state index contributed by atoms with van der Waals surface area (Å²) in [5.41, 5.74) is 2.63. The molecule has 0 unspecified atom stereocenters. The summed E-state index contributed by atoms with van der Waals surface area (Å²) in [5, 5.41) is 3.70. The van der Waals surface area contributed by atoms with E-state index in [4.69, 9.17) is 23.2 Å². The Labute approximate surface area is 130 Å². The lowest BCUT2D eigenvalue weighted by molar-refractivity contribution is 0.734. The van der Waals surface area contributed by atoms with Gasteiger partial charge in [-0.1, -0.05) is 11.6 Å². The lowest BCUT2D eigenvalue weighted by Gasteiger charge is -2.05. The summed E-state index contributed by atoms with van der Waals surface area (Å²) in [5.74, 6) is 1.43. The van der Waals surface area contributed by atoms with Crippen LogP contribution in [0.1, 0.15) is 16.5 Å². The highest BCUT2D eigenvalue weighted by atomic mass is 35.5. The molecule has 0 aliphatic carbocycles. The van der Waals surface area contributed by atoms with Gasteiger partial charge >= 0.3 is 0 Å². The molecule has 0 bridgehead atoms. The highest BCUT2D eigenvalue weighted by Crippen LogP contribution is 2.20. The average Bonchev–Trinajstić information content (AvgIpc) is 2.95. The highest BCUT2D eigenvalue weighted by molar-refractivity contribution is 7.09. The van der Waals surface area contributed by atoms with Crippen LogP contribution in [0.25, 0.3) is 11.2 Å². The summed E-state index contributed by atoms with van der Waals surface area (Å²) >= 11 is 13.5. The van der Waals surface area contributed by atoms with Gasteiger partial charge in [0.05, 0.1) is 22.3 Å². The molecule has 3 heterocycles. The number of nitrogens with zero attached hydrogens (tertiary/aromatic N) is 4. The third-order valence-electron chi connectivity index (χ3n) is 2.94. The van der Waals surface area contributed by atoms with Gasteiger partial charge < -0.3 is 4.57 Å². The number of hydrogen-bond acceptors (Lipinski definition) is 4. The van der Waals surface area contributed by atoms with E-state index < -0.39 is 0 Å². The predicted octanol–water partition coefficient (Wildman–Crippen LogP) is 3.68. The SMILES string of the molecule is Cc1nc(Cn2c(CCCl)nc3cc(Cl)cnc32)cs1. The van der Waals surface area contributed by atoms with Crippen LogP contribution in [-0.4, -0.2) is 25.4 Å². The topological polar surface area (TPSA) is 43.6 Å². The van der Waals surface area contributed by atoms with Crippen LogP contribution in [0.4, 0.5) is 0 Å². The van der Waals surface area contributed by atoms with E-state index in [9.17, 15) is 0 Å². The Morgan fingerprint density at radius 2 is 2.20 bits per heavy atom. The number of fused-ring (bicyclic) bond motifs is 1. The Morgan fingerprint density at radius 1 is 1.35 bits per heavy atom. The molecule has 20 heavy (non-hydrogen) atoms. The number of thiazole rings is 1. The second-order valence-electron chi connectivity index (χ2n) is 4.41. The lowest BCUT2D eigenvalue weighted by Crippen LogP contribution is -2.07. The first-order valence-corrected chi connectivity index (χ1v) is 7.94. The Balaban J connectivity index is 2.08. The molecule has 7 heteroatoms. The predicted molar refractivity (Wildman–Crippen MR) is 82.9 cm³/mol. The quantitative estimate of drug-likeness (QED) is 0.687.